The fourth-order valence-corrected chi connectivity index (χ4v) is 5.52. The van der Waals surface area contributed by atoms with E-state index in [2.05, 4.69) is 9.97 Å². The largest absolute Gasteiger partial charge is 0.493 e. The summed E-state index contributed by atoms with van der Waals surface area (Å²) < 4.78 is 53.9. The Labute approximate surface area is 250 Å². The maximum absolute atomic E-state index is 14.7. The van der Waals surface area contributed by atoms with Crippen molar-refractivity contribution < 1.29 is 32.5 Å². The molecule has 1 aliphatic rings. The van der Waals surface area contributed by atoms with E-state index in [9.17, 15) is 18.4 Å². The zero-order valence-corrected chi connectivity index (χ0v) is 24.2. The molecule has 6 rings (SSSR count). The highest BCUT2D eigenvalue weighted by molar-refractivity contribution is 5.98. The predicted octanol–water partition coefficient (Wildman–Crippen LogP) is 5.44. The molecule has 0 saturated heterocycles. The first-order valence-corrected chi connectivity index (χ1v) is 13.9. The molecule has 0 saturated carbocycles. The van der Waals surface area contributed by atoms with Crippen LogP contribution in [-0.2, 0) is 19.4 Å². The SMILES string of the molecule is COc1cc2ncnc(Oc3ccc(CC(=O)c4c5n(n(-c6cc(F)ccc6F)c4=O)CCCC5)cc3OC)c2cc1OC. The predicted molar refractivity (Wildman–Crippen MR) is 157 cm³/mol. The van der Waals surface area contributed by atoms with Crippen LogP contribution in [0.3, 0.4) is 0 Å². The number of methoxy groups -OCH3 is 3. The van der Waals surface area contributed by atoms with Gasteiger partial charge in [0.05, 0.1) is 37.9 Å². The minimum atomic E-state index is -0.757. The lowest BCUT2D eigenvalue weighted by Crippen LogP contribution is -2.25. The number of aromatic nitrogens is 4. The second kappa shape index (κ2) is 11.8. The zero-order chi connectivity index (χ0) is 31.0. The van der Waals surface area contributed by atoms with Gasteiger partial charge in [-0.25, -0.2) is 23.4 Å². The number of halogens is 2. The third kappa shape index (κ3) is 5.12. The second-order valence-corrected chi connectivity index (χ2v) is 10.2. The Kier molecular flexibility index (Phi) is 7.73. The Hall–Kier alpha value is -5.26. The summed E-state index contributed by atoms with van der Waals surface area (Å²) in [6.45, 7) is 0.407. The van der Waals surface area contributed by atoms with Crippen LogP contribution in [0.15, 0.2) is 59.7 Å². The maximum Gasteiger partial charge on any atom is 0.282 e. The van der Waals surface area contributed by atoms with Crippen LogP contribution in [0.5, 0.6) is 28.9 Å². The molecule has 0 atom stereocenters. The van der Waals surface area contributed by atoms with E-state index in [1.165, 1.54) is 27.7 Å². The van der Waals surface area contributed by atoms with E-state index in [-0.39, 0.29) is 23.6 Å². The van der Waals surface area contributed by atoms with Crippen molar-refractivity contribution in [2.75, 3.05) is 21.3 Å². The van der Waals surface area contributed by atoms with E-state index in [0.717, 1.165) is 35.7 Å². The minimum absolute atomic E-state index is 0.0236. The number of fused-ring (bicyclic) bond motifs is 2. The van der Waals surface area contributed by atoms with Gasteiger partial charge in [-0.15, -0.1) is 0 Å². The van der Waals surface area contributed by atoms with Gasteiger partial charge in [0.1, 0.15) is 29.2 Å². The first kappa shape index (κ1) is 28.8. The van der Waals surface area contributed by atoms with Gasteiger partial charge in [-0.3, -0.25) is 14.3 Å². The summed E-state index contributed by atoms with van der Waals surface area (Å²) in [7, 11) is 4.52. The number of Topliss-reactive ketones (excluding diaryl/α,β-unsaturated/α-hetero) is 1. The van der Waals surface area contributed by atoms with Crippen LogP contribution in [0.1, 0.15) is 34.5 Å². The second-order valence-electron chi connectivity index (χ2n) is 10.2. The van der Waals surface area contributed by atoms with Gasteiger partial charge < -0.3 is 18.9 Å². The summed E-state index contributed by atoms with van der Waals surface area (Å²) in [5.74, 6) is 0.0346. The maximum atomic E-state index is 14.7. The van der Waals surface area contributed by atoms with Crippen molar-refractivity contribution in [1.82, 2.24) is 19.3 Å². The molecule has 0 radical (unpaired) electrons. The highest BCUT2D eigenvalue weighted by atomic mass is 19.1. The van der Waals surface area contributed by atoms with Gasteiger partial charge in [-0.05, 0) is 55.2 Å². The molecule has 0 bridgehead atoms. The lowest BCUT2D eigenvalue weighted by Gasteiger charge is -2.19. The van der Waals surface area contributed by atoms with Crippen LogP contribution in [0.2, 0.25) is 0 Å². The Morgan fingerprint density at radius 1 is 0.886 bits per heavy atom. The highest BCUT2D eigenvalue weighted by Gasteiger charge is 2.29. The molecule has 0 aliphatic carbocycles. The average molecular weight is 603 g/mol. The first-order valence-electron chi connectivity index (χ1n) is 13.9. The molecule has 3 aromatic carbocycles. The van der Waals surface area contributed by atoms with E-state index in [1.54, 1.807) is 35.0 Å². The first-order chi connectivity index (χ1) is 21.3. The van der Waals surface area contributed by atoms with Crippen LogP contribution in [0.4, 0.5) is 8.78 Å². The Morgan fingerprint density at radius 2 is 1.64 bits per heavy atom. The Balaban J connectivity index is 1.32. The van der Waals surface area contributed by atoms with Crippen LogP contribution in [0.25, 0.3) is 16.6 Å². The van der Waals surface area contributed by atoms with Crippen molar-refractivity contribution >= 4 is 16.7 Å². The molecule has 1 aliphatic heterocycles. The third-order valence-corrected chi connectivity index (χ3v) is 7.60. The minimum Gasteiger partial charge on any atom is -0.493 e. The van der Waals surface area contributed by atoms with E-state index in [1.807, 2.05) is 0 Å². The zero-order valence-electron chi connectivity index (χ0n) is 24.2. The molecule has 0 fully saturated rings. The van der Waals surface area contributed by atoms with Crippen molar-refractivity contribution in [2.45, 2.75) is 32.2 Å². The number of nitrogens with zero attached hydrogens (tertiary/aromatic N) is 4. The van der Waals surface area contributed by atoms with Crippen molar-refractivity contribution in [1.29, 1.82) is 0 Å². The molecular weight excluding hydrogens is 574 g/mol. The van der Waals surface area contributed by atoms with E-state index in [4.69, 9.17) is 18.9 Å². The van der Waals surface area contributed by atoms with Gasteiger partial charge in [0.25, 0.3) is 5.56 Å². The summed E-state index contributed by atoms with van der Waals surface area (Å²) >= 11 is 0. The fourth-order valence-electron chi connectivity index (χ4n) is 5.52. The van der Waals surface area contributed by atoms with Crippen molar-refractivity contribution in [2.24, 2.45) is 0 Å². The summed E-state index contributed by atoms with van der Waals surface area (Å²) in [4.78, 5) is 35.8. The van der Waals surface area contributed by atoms with Crippen molar-refractivity contribution in [3.8, 4) is 34.6 Å². The molecule has 0 amide bonds. The molecule has 12 heteroatoms. The number of carbonyl (C=O) groups is 1. The van der Waals surface area contributed by atoms with Crippen molar-refractivity contribution in [3.05, 3.63) is 93.7 Å². The molecule has 3 heterocycles. The van der Waals surface area contributed by atoms with E-state index >= 15 is 0 Å². The lowest BCUT2D eigenvalue weighted by atomic mass is 9.99. The van der Waals surface area contributed by atoms with Crippen LogP contribution in [-0.4, -0.2) is 46.4 Å². The molecule has 226 valence electrons. The summed E-state index contributed by atoms with van der Waals surface area (Å²) in [5, 5.41) is 0.580. The molecule has 5 aromatic rings. The third-order valence-electron chi connectivity index (χ3n) is 7.60. The number of benzene rings is 3. The van der Waals surface area contributed by atoms with Crippen LogP contribution >= 0.6 is 0 Å². The highest BCUT2D eigenvalue weighted by Crippen LogP contribution is 2.38. The lowest BCUT2D eigenvalue weighted by molar-refractivity contribution is 0.0990. The summed E-state index contributed by atoms with van der Waals surface area (Å²) in [6, 6.07) is 11.3. The number of carbonyl (C=O) groups excluding carboxylic acids is 1. The quantitative estimate of drug-likeness (QED) is 0.205. The molecule has 0 spiro atoms. The van der Waals surface area contributed by atoms with Gasteiger partial charge in [-0.2, -0.15) is 0 Å². The monoisotopic (exact) mass is 602 g/mol. The summed E-state index contributed by atoms with van der Waals surface area (Å²) in [5.41, 5.74) is 0.735. The average Bonchev–Trinajstić information content (AvgIpc) is 3.33. The van der Waals surface area contributed by atoms with E-state index < -0.39 is 23.0 Å². The van der Waals surface area contributed by atoms with Crippen LogP contribution in [0, 0.1) is 11.6 Å². The number of hydrogen-bond acceptors (Lipinski definition) is 8. The van der Waals surface area contributed by atoms with Crippen molar-refractivity contribution in [3.63, 3.8) is 0 Å². The molecule has 0 unspecified atom stereocenters. The smallest absolute Gasteiger partial charge is 0.282 e. The number of ether oxygens (including phenoxy) is 4. The normalized spacial score (nSPS) is 12.6. The molecular formula is C32H28F2N4O6. The van der Waals surface area contributed by atoms with E-state index in [0.29, 0.717) is 58.1 Å². The van der Waals surface area contributed by atoms with Gasteiger partial charge in [-0.1, -0.05) is 6.07 Å². The topological polar surface area (TPSA) is 107 Å². The number of ketones is 1. The molecule has 44 heavy (non-hydrogen) atoms. The fraction of sp³-hybridized carbons (Fsp3) is 0.250. The number of rotatable bonds is 9. The van der Waals surface area contributed by atoms with Gasteiger partial charge in [0.2, 0.25) is 5.88 Å². The number of hydrogen-bond donors (Lipinski definition) is 0. The Bertz CT molecular complexity index is 1970. The Morgan fingerprint density at radius 3 is 2.41 bits per heavy atom. The standard InChI is InChI=1S/C32H28F2N4O6/c1-41-27-13-18(7-10-26(27)44-31-20-15-28(42-2)29(43-3)16-22(20)35-17-36-31)12-25(39)30-23-6-4-5-11-37(23)38(32(30)40)24-14-19(33)8-9-21(24)34/h7-10,13-17H,4-6,11-12H2,1-3H3. The molecule has 0 N–H and O–H groups in total. The summed E-state index contributed by atoms with van der Waals surface area (Å²) in [6.07, 6.45) is 3.23. The van der Waals surface area contributed by atoms with Gasteiger partial charge >= 0.3 is 0 Å². The van der Waals surface area contributed by atoms with Gasteiger partial charge in [0.15, 0.2) is 28.8 Å². The molecule has 10 nitrogen and oxygen atoms in total. The van der Waals surface area contributed by atoms with Gasteiger partial charge in [0, 0.05) is 25.1 Å². The molecule has 2 aromatic heterocycles. The van der Waals surface area contributed by atoms with Crippen LogP contribution < -0.4 is 24.5 Å².